The highest BCUT2D eigenvalue weighted by atomic mass is 32.2. The number of hydrogen-bond acceptors (Lipinski definition) is 4. The highest BCUT2D eigenvalue weighted by Gasteiger charge is 2.97. The Morgan fingerprint density at radius 2 is 0.979 bits per heavy atom. The van der Waals surface area contributed by atoms with E-state index in [-0.39, 0.29) is 13.0 Å². The summed E-state index contributed by atoms with van der Waals surface area (Å²) in [5.74, 6) is -82.9. The second-order valence-corrected chi connectivity index (χ2v) is 11.3. The predicted molar refractivity (Wildman–Crippen MR) is 120 cm³/mol. The van der Waals surface area contributed by atoms with Crippen LogP contribution in [0.4, 0.5) is 92.2 Å². The quantitative estimate of drug-likeness (QED) is 0.107. The molecule has 0 aliphatic heterocycles. The van der Waals surface area contributed by atoms with Crippen LogP contribution < -0.4 is 5.32 Å². The van der Waals surface area contributed by atoms with Gasteiger partial charge >= 0.3 is 65.4 Å². The first-order valence-electron chi connectivity index (χ1n) is 12.1. The van der Waals surface area contributed by atoms with E-state index in [1.165, 1.54) is 0 Å². The number of carboxylic acid groups (broad SMARTS) is 1. The molecule has 0 aliphatic carbocycles. The van der Waals surface area contributed by atoms with Crippen LogP contribution in [0.15, 0.2) is 0 Å². The van der Waals surface area contributed by atoms with Crippen molar-refractivity contribution in [1.82, 2.24) is 10.2 Å². The van der Waals surface area contributed by atoms with Gasteiger partial charge in [0.2, 0.25) is 5.91 Å². The lowest BCUT2D eigenvalue weighted by Gasteiger charge is -2.44. The highest BCUT2D eigenvalue weighted by Crippen LogP contribution is 2.66. The molecule has 0 spiro atoms. The van der Waals surface area contributed by atoms with Crippen molar-refractivity contribution in [2.75, 3.05) is 32.9 Å². The molecule has 0 aromatic heterocycles. The van der Waals surface area contributed by atoms with Crippen LogP contribution in [0.1, 0.15) is 19.3 Å². The van der Waals surface area contributed by atoms with Crippen LogP contribution in [0, 0.1) is 0 Å². The minimum absolute atomic E-state index is 0.0976. The number of carbonyl (C=O) groups is 2. The van der Waals surface area contributed by atoms with Gasteiger partial charge in [0.1, 0.15) is 5.25 Å². The van der Waals surface area contributed by atoms with E-state index in [1.807, 2.05) is 0 Å². The fourth-order valence-electron chi connectivity index (χ4n) is 3.16. The highest BCUT2D eigenvalue weighted by molar-refractivity contribution is 8.00. The molecule has 286 valence electrons. The van der Waals surface area contributed by atoms with Crippen molar-refractivity contribution < 1.29 is 107 Å². The van der Waals surface area contributed by atoms with Crippen molar-refractivity contribution in [2.24, 2.45) is 0 Å². The molecular weight excluding hydrogens is 759 g/mol. The monoisotopic (exact) mass is 780 g/mol. The minimum atomic E-state index is -9.26. The van der Waals surface area contributed by atoms with E-state index in [0.29, 0.717) is 6.54 Å². The van der Waals surface area contributed by atoms with Crippen molar-refractivity contribution in [3.63, 3.8) is 0 Å². The van der Waals surface area contributed by atoms with Gasteiger partial charge in [-0.15, -0.1) is 11.8 Å². The molecule has 1 amide bonds. The third-order valence-electron chi connectivity index (χ3n) is 6.06. The van der Waals surface area contributed by atoms with Gasteiger partial charge in [0.15, 0.2) is 0 Å². The Kier molecular flexibility index (Phi) is 13.5. The average molecular weight is 780 g/mol. The third kappa shape index (κ3) is 7.89. The lowest BCUT2D eigenvalue weighted by molar-refractivity contribution is -0.474. The standard InChI is InChI=1S/C21H21F21N2O3S/c1-44(2)6-3-5-43-10(45)8-9(11(46)47)48-7-4-12(22,23)13(24,25)14(26,27)15(28,29)16(30,31)17(32,33)18(34,35)19(36,37)20(38,39)21(40,41)42/h9H,3-8H2,1-2H3,(H,43,45)(H,46,47). The number of halogens is 21. The molecule has 48 heavy (non-hydrogen) atoms. The molecule has 0 saturated heterocycles. The smallest absolute Gasteiger partial charge is 0.460 e. The van der Waals surface area contributed by atoms with Crippen molar-refractivity contribution in [3.05, 3.63) is 0 Å². The zero-order chi connectivity index (χ0) is 39.0. The molecule has 0 aromatic rings. The second kappa shape index (κ2) is 14.2. The Morgan fingerprint density at radius 1 is 0.625 bits per heavy atom. The average Bonchev–Trinajstić information content (AvgIpc) is 2.88. The number of aliphatic carboxylic acids is 1. The molecule has 5 nitrogen and oxygen atoms in total. The van der Waals surface area contributed by atoms with Crippen molar-refractivity contribution >= 4 is 23.6 Å². The summed E-state index contributed by atoms with van der Waals surface area (Å²) in [4.78, 5) is 24.7. The van der Waals surface area contributed by atoms with Crippen LogP contribution in [-0.4, -0.2) is 120 Å². The van der Waals surface area contributed by atoms with Gasteiger partial charge in [0, 0.05) is 25.1 Å². The number of carboxylic acids is 1. The number of nitrogens with zero attached hydrogens (tertiary/aromatic N) is 1. The summed E-state index contributed by atoms with van der Waals surface area (Å²) in [6.07, 6.45) is -11.9. The molecule has 0 heterocycles. The van der Waals surface area contributed by atoms with Gasteiger partial charge in [-0.1, -0.05) is 0 Å². The van der Waals surface area contributed by atoms with Gasteiger partial charge in [-0.3, -0.25) is 9.59 Å². The summed E-state index contributed by atoms with van der Waals surface area (Å²) >= 11 is -0.445. The van der Waals surface area contributed by atoms with Crippen LogP contribution in [0.5, 0.6) is 0 Å². The molecule has 27 heteroatoms. The fourth-order valence-corrected chi connectivity index (χ4v) is 4.23. The second-order valence-electron chi connectivity index (χ2n) is 9.96. The molecule has 0 rings (SSSR count). The fraction of sp³-hybridized carbons (Fsp3) is 0.905. The molecule has 1 atom stereocenters. The van der Waals surface area contributed by atoms with Gasteiger partial charge in [-0.25, -0.2) is 0 Å². The molecule has 2 N–H and O–H groups in total. The molecule has 0 radical (unpaired) electrons. The van der Waals surface area contributed by atoms with Crippen LogP contribution in [0.25, 0.3) is 0 Å². The summed E-state index contributed by atoms with van der Waals surface area (Å²) in [6.45, 7) is 0.288. The topological polar surface area (TPSA) is 69.6 Å². The Labute approximate surface area is 258 Å². The van der Waals surface area contributed by atoms with E-state index in [9.17, 15) is 102 Å². The molecule has 0 aliphatic rings. The Morgan fingerprint density at radius 3 is 1.31 bits per heavy atom. The Hall–Kier alpha value is -2.22. The number of hydrogen-bond donors (Lipinski definition) is 2. The van der Waals surface area contributed by atoms with E-state index < -0.39 is 107 Å². The van der Waals surface area contributed by atoms with Gasteiger partial charge in [0.05, 0.1) is 0 Å². The van der Waals surface area contributed by atoms with Crippen LogP contribution >= 0.6 is 11.8 Å². The van der Waals surface area contributed by atoms with E-state index in [1.54, 1.807) is 19.0 Å². The van der Waals surface area contributed by atoms with Gasteiger partial charge in [0.25, 0.3) is 0 Å². The third-order valence-corrected chi connectivity index (χ3v) is 7.27. The number of nitrogens with one attached hydrogen (secondary N) is 1. The molecule has 1 unspecified atom stereocenters. The van der Waals surface area contributed by atoms with E-state index >= 15 is 0 Å². The number of alkyl halides is 21. The van der Waals surface area contributed by atoms with E-state index in [4.69, 9.17) is 5.11 Å². The summed E-state index contributed by atoms with van der Waals surface area (Å²) in [5.41, 5.74) is 0. The largest absolute Gasteiger partial charge is 0.480 e. The summed E-state index contributed by atoms with van der Waals surface area (Å²) in [7, 11) is 3.23. The molecular formula is C21H21F21N2O3S. The van der Waals surface area contributed by atoms with Crippen LogP contribution in [-0.2, 0) is 9.59 Å². The summed E-state index contributed by atoms with van der Waals surface area (Å²) in [6, 6.07) is 0. The summed E-state index contributed by atoms with van der Waals surface area (Å²) in [5, 5.41) is 8.99. The lowest BCUT2D eigenvalue weighted by atomic mass is 9.86. The zero-order valence-electron chi connectivity index (χ0n) is 23.4. The van der Waals surface area contributed by atoms with Gasteiger partial charge in [-0.05, 0) is 27.1 Å². The SMILES string of the molecule is CN(C)CCCNC(=O)CC(SCCC(F)(F)C(F)(F)C(F)(F)C(F)(F)C(F)(F)C(F)(F)C(F)(F)C(F)(F)C(F)(F)C(F)(F)F)C(=O)O. The number of amides is 1. The van der Waals surface area contributed by atoms with Gasteiger partial charge < -0.3 is 15.3 Å². The molecule has 0 saturated carbocycles. The molecule has 0 bridgehead atoms. The Balaban J connectivity index is 6.32. The number of thioether (sulfide) groups is 1. The Bertz CT molecular complexity index is 1130. The summed E-state index contributed by atoms with van der Waals surface area (Å²) < 4.78 is 283. The molecule has 0 aromatic carbocycles. The minimum Gasteiger partial charge on any atom is -0.480 e. The zero-order valence-corrected chi connectivity index (χ0v) is 24.2. The first kappa shape index (κ1) is 45.8. The molecule has 0 fully saturated rings. The van der Waals surface area contributed by atoms with Crippen molar-refractivity contribution in [2.45, 2.75) is 84.0 Å². The number of rotatable bonds is 19. The normalized spacial score (nSPS) is 15.9. The van der Waals surface area contributed by atoms with E-state index in [2.05, 4.69) is 5.32 Å². The first-order chi connectivity index (χ1) is 20.9. The lowest BCUT2D eigenvalue weighted by Crippen LogP contribution is -2.76. The van der Waals surface area contributed by atoms with Gasteiger partial charge in [-0.2, -0.15) is 92.2 Å². The van der Waals surface area contributed by atoms with Crippen molar-refractivity contribution in [3.8, 4) is 0 Å². The van der Waals surface area contributed by atoms with Crippen LogP contribution in [0.3, 0.4) is 0 Å². The maximum Gasteiger partial charge on any atom is 0.460 e. The number of carbonyl (C=O) groups excluding carboxylic acids is 1. The maximum atomic E-state index is 14.1. The predicted octanol–water partition coefficient (Wildman–Crippen LogP) is 7.30. The van der Waals surface area contributed by atoms with Crippen LogP contribution in [0.2, 0.25) is 0 Å². The van der Waals surface area contributed by atoms with Crippen molar-refractivity contribution in [1.29, 1.82) is 0 Å². The first-order valence-corrected chi connectivity index (χ1v) is 13.1. The maximum absolute atomic E-state index is 14.1. The van der Waals surface area contributed by atoms with E-state index in [0.717, 1.165) is 0 Å².